The van der Waals surface area contributed by atoms with Gasteiger partial charge in [-0.05, 0) is 57.7 Å². The van der Waals surface area contributed by atoms with Crippen molar-refractivity contribution in [2.45, 2.75) is 64.3 Å². The van der Waals surface area contributed by atoms with Crippen LogP contribution in [0.5, 0.6) is 0 Å². The highest BCUT2D eigenvalue weighted by Crippen LogP contribution is 2.24. The molecule has 0 radical (unpaired) electrons. The fourth-order valence-electron chi connectivity index (χ4n) is 3.56. The Morgan fingerprint density at radius 1 is 1.06 bits per heavy atom. The van der Waals surface area contributed by atoms with Gasteiger partial charge in [-0.15, -0.1) is 0 Å². The van der Waals surface area contributed by atoms with E-state index in [1.54, 1.807) is 0 Å². The molecule has 2 aliphatic heterocycles. The maximum absolute atomic E-state index is 3.61. The molecule has 0 saturated carbocycles. The SMILES string of the molecule is CCCC1CCCN(C2CCCCNC2)CC1. The first kappa shape index (κ1) is 13.4. The van der Waals surface area contributed by atoms with Crippen LogP contribution in [0.15, 0.2) is 0 Å². The van der Waals surface area contributed by atoms with Gasteiger partial charge in [-0.3, -0.25) is 4.90 Å². The molecule has 100 valence electrons. The molecule has 0 spiro atoms. The second-order valence-corrected chi connectivity index (χ2v) is 5.98. The number of rotatable bonds is 3. The summed E-state index contributed by atoms with van der Waals surface area (Å²) in [6, 6.07) is 0.831. The molecule has 0 bridgehead atoms. The Labute approximate surface area is 107 Å². The third-order valence-corrected chi connectivity index (χ3v) is 4.62. The van der Waals surface area contributed by atoms with E-state index in [4.69, 9.17) is 0 Å². The first-order chi connectivity index (χ1) is 8.40. The molecule has 2 atom stereocenters. The molecular formula is C15H30N2. The van der Waals surface area contributed by atoms with Gasteiger partial charge in [-0.1, -0.05) is 26.2 Å². The van der Waals surface area contributed by atoms with Gasteiger partial charge >= 0.3 is 0 Å². The van der Waals surface area contributed by atoms with E-state index in [1.165, 1.54) is 77.5 Å². The fraction of sp³-hybridized carbons (Fsp3) is 1.00. The van der Waals surface area contributed by atoms with Crippen molar-refractivity contribution in [3.8, 4) is 0 Å². The standard InChI is InChI=1S/C15H30N2/c1-2-6-14-7-5-11-17(12-9-14)15-8-3-4-10-16-13-15/h14-16H,2-13H2,1H3. The van der Waals surface area contributed by atoms with E-state index in [0.717, 1.165) is 12.0 Å². The molecule has 0 aliphatic carbocycles. The van der Waals surface area contributed by atoms with Gasteiger partial charge in [0.05, 0.1) is 0 Å². The zero-order chi connectivity index (χ0) is 11.9. The molecular weight excluding hydrogens is 208 g/mol. The number of nitrogens with one attached hydrogen (secondary N) is 1. The summed E-state index contributed by atoms with van der Waals surface area (Å²) in [6.45, 7) is 7.52. The van der Waals surface area contributed by atoms with Gasteiger partial charge in [0, 0.05) is 12.6 Å². The summed E-state index contributed by atoms with van der Waals surface area (Å²) in [4.78, 5) is 2.79. The summed E-state index contributed by atoms with van der Waals surface area (Å²) in [7, 11) is 0. The van der Waals surface area contributed by atoms with Crippen LogP contribution in [0.1, 0.15) is 58.3 Å². The van der Waals surface area contributed by atoms with Crippen molar-refractivity contribution in [2.24, 2.45) is 5.92 Å². The zero-order valence-electron chi connectivity index (χ0n) is 11.6. The molecule has 17 heavy (non-hydrogen) atoms. The number of nitrogens with zero attached hydrogens (tertiary/aromatic N) is 1. The van der Waals surface area contributed by atoms with Crippen LogP contribution in [0.4, 0.5) is 0 Å². The van der Waals surface area contributed by atoms with Crippen LogP contribution >= 0.6 is 0 Å². The molecule has 2 rings (SSSR count). The average Bonchev–Trinajstić information content (AvgIpc) is 2.71. The third-order valence-electron chi connectivity index (χ3n) is 4.62. The summed E-state index contributed by atoms with van der Waals surface area (Å²) in [6.07, 6.45) is 11.4. The lowest BCUT2D eigenvalue weighted by atomic mass is 9.96. The summed E-state index contributed by atoms with van der Waals surface area (Å²) < 4.78 is 0. The highest BCUT2D eigenvalue weighted by atomic mass is 15.2. The predicted molar refractivity (Wildman–Crippen MR) is 74.3 cm³/mol. The van der Waals surface area contributed by atoms with Crippen LogP contribution in [0.3, 0.4) is 0 Å². The van der Waals surface area contributed by atoms with Crippen molar-refractivity contribution < 1.29 is 0 Å². The maximum Gasteiger partial charge on any atom is 0.0220 e. The first-order valence-electron chi connectivity index (χ1n) is 7.85. The molecule has 2 saturated heterocycles. The van der Waals surface area contributed by atoms with Crippen LogP contribution in [0.25, 0.3) is 0 Å². The Kier molecular flexibility index (Phi) is 5.79. The second-order valence-electron chi connectivity index (χ2n) is 5.98. The fourth-order valence-corrected chi connectivity index (χ4v) is 3.56. The minimum absolute atomic E-state index is 0.831. The van der Waals surface area contributed by atoms with E-state index < -0.39 is 0 Å². The van der Waals surface area contributed by atoms with E-state index in [-0.39, 0.29) is 0 Å². The molecule has 2 unspecified atom stereocenters. The lowest BCUT2D eigenvalue weighted by molar-refractivity contribution is 0.191. The summed E-state index contributed by atoms with van der Waals surface area (Å²) in [5, 5.41) is 3.61. The molecule has 2 heteroatoms. The first-order valence-corrected chi connectivity index (χ1v) is 7.85. The average molecular weight is 238 g/mol. The van der Waals surface area contributed by atoms with Crippen LogP contribution in [0, 0.1) is 5.92 Å². The predicted octanol–water partition coefficient (Wildman–Crippen LogP) is 3.03. The van der Waals surface area contributed by atoms with E-state index in [0.29, 0.717) is 0 Å². The van der Waals surface area contributed by atoms with Gasteiger partial charge < -0.3 is 5.32 Å². The minimum atomic E-state index is 0.831. The van der Waals surface area contributed by atoms with E-state index in [2.05, 4.69) is 17.1 Å². The van der Waals surface area contributed by atoms with E-state index in [1.807, 2.05) is 0 Å². The summed E-state index contributed by atoms with van der Waals surface area (Å²) in [5.41, 5.74) is 0. The molecule has 2 aliphatic rings. The Hall–Kier alpha value is -0.0800. The van der Waals surface area contributed by atoms with Crippen LogP contribution < -0.4 is 5.32 Å². The molecule has 2 heterocycles. The largest absolute Gasteiger partial charge is 0.315 e. The van der Waals surface area contributed by atoms with Gasteiger partial charge in [0.25, 0.3) is 0 Å². The van der Waals surface area contributed by atoms with Gasteiger partial charge in [0.1, 0.15) is 0 Å². The van der Waals surface area contributed by atoms with Crippen molar-refractivity contribution in [3.63, 3.8) is 0 Å². The lowest BCUT2D eigenvalue weighted by Gasteiger charge is -2.29. The molecule has 0 aromatic carbocycles. The van der Waals surface area contributed by atoms with Crippen LogP contribution in [0.2, 0.25) is 0 Å². The van der Waals surface area contributed by atoms with Crippen molar-refractivity contribution in [1.29, 1.82) is 0 Å². The topological polar surface area (TPSA) is 15.3 Å². The summed E-state index contributed by atoms with van der Waals surface area (Å²) >= 11 is 0. The normalized spacial score (nSPS) is 33.0. The molecule has 1 N–H and O–H groups in total. The van der Waals surface area contributed by atoms with E-state index >= 15 is 0 Å². The highest BCUT2D eigenvalue weighted by molar-refractivity contribution is 4.80. The van der Waals surface area contributed by atoms with Gasteiger partial charge in [-0.25, -0.2) is 0 Å². The van der Waals surface area contributed by atoms with Gasteiger partial charge in [0.15, 0.2) is 0 Å². The van der Waals surface area contributed by atoms with Gasteiger partial charge in [0.2, 0.25) is 0 Å². The third kappa shape index (κ3) is 4.26. The van der Waals surface area contributed by atoms with Crippen molar-refractivity contribution in [2.75, 3.05) is 26.2 Å². The van der Waals surface area contributed by atoms with Crippen LogP contribution in [-0.2, 0) is 0 Å². The molecule has 2 nitrogen and oxygen atoms in total. The van der Waals surface area contributed by atoms with E-state index in [9.17, 15) is 0 Å². The summed E-state index contributed by atoms with van der Waals surface area (Å²) in [5.74, 6) is 1.02. The molecule has 0 amide bonds. The monoisotopic (exact) mass is 238 g/mol. The molecule has 0 aromatic heterocycles. The minimum Gasteiger partial charge on any atom is -0.315 e. The smallest absolute Gasteiger partial charge is 0.0220 e. The van der Waals surface area contributed by atoms with Crippen molar-refractivity contribution in [1.82, 2.24) is 10.2 Å². The number of likely N-dealkylation sites (tertiary alicyclic amines) is 1. The molecule has 0 aromatic rings. The zero-order valence-corrected chi connectivity index (χ0v) is 11.6. The Balaban J connectivity index is 1.80. The van der Waals surface area contributed by atoms with Gasteiger partial charge in [-0.2, -0.15) is 0 Å². The highest BCUT2D eigenvalue weighted by Gasteiger charge is 2.23. The second kappa shape index (κ2) is 7.38. The Morgan fingerprint density at radius 2 is 2.00 bits per heavy atom. The molecule has 2 fully saturated rings. The number of hydrogen-bond acceptors (Lipinski definition) is 2. The lowest BCUT2D eigenvalue weighted by Crippen LogP contribution is -2.41. The Morgan fingerprint density at radius 3 is 2.88 bits per heavy atom. The Bertz CT molecular complexity index is 197. The van der Waals surface area contributed by atoms with Crippen LogP contribution in [-0.4, -0.2) is 37.1 Å². The number of hydrogen-bond donors (Lipinski definition) is 1. The maximum atomic E-state index is 3.61. The van der Waals surface area contributed by atoms with Crippen molar-refractivity contribution in [3.05, 3.63) is 0 Å². The quantitative estimate of drug-likeness (QED) is 0.813. The van der Waals surface area contributed by atoms with Crippen molar-refractivity contribution >= 4 is 0 Å².